The molecule has 2 fully saturated rings. The number of hydrogen-bond acceptors (Lipinski definition) is 9. The molecule has 3 aliphatic rings. The van der Waals surface area contributed by atoms with Crippen LogP contribution in [0.25, 0.3) is 11.1 Å². The summed E-state index contributed by atoms with van der Waals surface area (Å²) in [7, 11) is 0. The summed E-state index contributed by atoms with van der Waals surface area (Å²) in [6.45, 7) is 1.39. The van der Waals surface area contributed by atoms with E-state index in [1.807, 2.05) is 0 Å². The number of benzene rings is 2. The molecule has 0 radical (unpaired) electrons. The molecule has 5 N–H and O–H groups in total. The Hall–Kier alpha value is -4.60. The number of cyclic esters (lactones) is 2. The number of carbonyl (C=O) groups is 4. The van der Waals surface area contributed by atoms with Crippen LogP contribution in [0.2, 0.25) is 0 Å². The van der Waals surface area contributed by atoms with E-state index in [1.165, 1.54) is 36.1 Å². The predicted octanol–water partition coefficient (Wildman–Crippen LogP) is 0.947. The third kappa shape index (κ3) is 6.49. The zero-order valence-electron chi connectivity index (χ0n) is 23.4. The number of nitrogens with one attached hydrogen (secondary N) is 2. The van der Waals surface area contributed by atoms with Gasteiger partial charge in [-0.1, -0.05) is 0 Å². The summed E-state index contributed by atoms with van der Waals surface area (Å²) in [5, 5.41) is 34.3. The fourth-order valence-corrected chi connectivity index (χ4v) is 5.15. The maximum Gasteiger partial charge on any atom is 0.414 e. The van der Waals surface area contributed by atoms with E-state index in [4.69, 9.17) is 9.47 Å². The van der Waals surface area contributed by atoms with Gasteiger partial charge in [-0.2, -0.15) is 0 Å². The molecule has 44 heavy (non-hydrogen) atoms. The molecule has 15 heteroatoms. The van der Waals surface area contributed by atoms with Crippen molar-refractivity contribution in [2.45, 2.75) is 43.9 Å². The van der Waals surface area contributed by atoms with E-state index in [0.717, 1.165) is 23.1 Å². The summed E-state index contributed by atoms with van der Waals surface area (Å²) in [5.74, 6) is -2.52. The van der Waals surface area contributed by atoms with Crippen molar-refractivity contribution in [3.63, 3.8) is 0 Å². The Morgan fingerprint density at radius 3 is 1.82 bits per heavy atom. The lowest BCUT2D eigenvalue weighted by Gasteiger charge is -2.27. The maximum absolute atomic E-state index is 15.2. The third-order valence-electron chi connectivity index (χ3n) is 7.47. The van der Waals surface area contributed by atoms with Gasteiger partial charge in [0.15, 0.2) is 0 Å². The van der Waals surface area contributed by atoms with Crippen molar-refractivity contribution < 1.29 is 52.8 Å². The molecule has 0 aromatic heterocycles. The number of aliphatic hydroxyl groups is 3. The highest BCUT2D eigenvalue weighted by Gasteiger charge is 2.36. The van der Waals surface area contributed by atoms with Gasteiger partial charge in [0, 0.05) is 30.0 Å². The highest BCUT2D eigenvalue weighted by Crippen LogP contribution is 2.33. The van der Waals surface area contributed by atoms with Gasteiger partial charge >= 0.3 is 12.2 Å². The molecular formula is C29H30F2N4O9. The van der Waals surface area contributed by atoms with Crippen LogP contribution in [0.3, 0.4) is 0 Å². The summed E-state index contributed by atoms with van der Waals surface area (Å²) in [6, 6.07) is 7.61. The van der Waals surface area contributed by atoms with Crippen molar-refractivity contribution in [3.05, 3.63) is 59.7 Å². The van der Waals surface area contributed by atoms with Crippen molar-refractivity contribution in [1.82, 2.24) is 10.6 Å². The first-order valence-electron chi connectivity index (χ1n) is 13.7. The Kier molecular flexibility index (Phi) is 8.80. The second-order valence-corrected chi connectivity index (χ2v) is 10.7. The van der Waals surface area contributed by atoms with Gasteiger partial charge in [-0.3, -0.25) is 19.4 Å². The number of anilines is 2. The topological polar surface area (TPSA) is 178 Å². The van der Waals surface area contributed by atoms with Crippen molar-refractivity contribution in [1.29, 1.82) is 0 Å². The standard InChI is InChI=1S/C29H30F2N4O9/c1-14(36)32-10-18-12-34(28(41)43-18)16-2-4-20(22(30)8-16)21-5-3-17(9-23(21)31)35-13-19(44-29(35)42)11-33-27(40)15-6-24(37)26(39)25(38)7-15/h2-6,8-9,18-19,24-26,37-39H,7,10-13H2,1H3,(H,32,36)(H,33,40)/t18-,19+,24-,25-,26-/m1/s1. The Bertz CT molecular complexity index is 1520. The highest BCUT2D eigenvalue weighted by atomic mass is 19.1. The average molecular weight is 617 g/mol. The van der Waals surface area contributed by atoms with Crippen molar-refractivity contribution in [2.75, 3.05) is 36.0 Å². The van der Waals surface area contributed by atoms with Gasteiger partial charge in [0.25, 0.3) is 0 Å². The van der Waals surface area contributed by atoms with Crippen molar-refractivity contribution in [3.8, 4) is 11.1 Å². The number of ether oxygens (including phenoxy) is 2. The zero-order chi connectivity index (χ0) is 31.7. The quantitative estimate of drug-likeness (QED) is 0.289. The second kappa shape index (κ2) is 12.6. The van der Waals surface area contributed by atoms with Gasteiger partial charge < -0.3 is 35.4 Å². The molecule has 0 spiro atoms. The molecule has 5 atom stereocenters. The van der Waals surface area contributed by atoms with Crippen LogP contribution in [0.1, 0.15) is 13.3 Å². The lowest BCUT2D eigenvalue weighted by Crippen LogP contribution is -2.43. The minimum Gasteiger partial charge on any atom is -0.442 e. The minimum atomic E-state index is -1.40. The van der Waals surface area contributed by atoms with E-state index in [9.17, 15) is 34.5 Å². The van der Waals surface area contributed by atoms with E-state index in [0.29, 0.717) is 0 Å². The van der Waals surface area contributed by atoms with E-state index < -0.39 is 60.2 Å². The fourth-order valence-electron chi connectivity index (χ4n) is 5.15. The Morgan fingerprint density at radius 1 is 0.864 bits per heavy atom. The molecule has 0 unspecified atom stereocenters. The maximum atomic E-state index is 15.2. The van der Waals surface area contributed by atoms with E-state index in [2.05, 4.69) is 10.6 Å². The summed E-state index contributed by atoms with van der Waals surface area (Å²) < 4.78 is 40.8. The molecule has 1 aliphatic carbocycles. The van der Waals surface area contributed by atoms with Crippen LogP contribution in [-0.4, -0.2) is 96.0 Å². The van der Waals surface area contributed by atoms with Crippen LogP contribution in [0.5, 0.6) is 0 Å². The first kappa shape index (κ1) is 30.8. The van der Waals surface area contributed by atoms with Gasteiger partial charge in [-0.25, -0.2) is 18.4 Å². The molecule has 234 valence electrons. The molecule has 0 bridgehead atoms. The smallest absolute Gasteiger partial charge is 0.414 e. The molecule has 4 amide bonds. The first-order chi connectivity index (χ1) is 20.9. The summed E-state index contributed by atoms with van der Waals surface area (Å²) in [4.78, 5) is 50.7. The van der Waals surface area contributed by atoms with Gasteiger partial charge in [-0.15, -0.1) is 0 Å². The van der Waals surface area contributed by atoms with Crippen LogP contribution >= 0.6 is 0 Å². The van der Waals surface area contributed by atoms with E-state index >= 15 is 8.78 Å². The highest BCUT2D eigenvalue weighted by molar-refractivity contribution is 5.94. The van der Waals surface area contributed by atoms with Gasteiger partial charge in [0.2, 0.25) is 11.8 Å². The third-order valence-corrected chi connectivity index (χ3v) is 7.47. The largest absolute Gasteiger partial charge is 0.442 e. The molecule has 2 heterocycles. The molecule has 2 aliphatic heterocycles. The number of carbonyl (C=O) groups excluding carboxylic acids is 4. The molecule has 5 rings (SSSR count). The fraction of sp³-hybridized carbons (Fsp3) is 0.379. The molecular weight excluding hydrogens is 586 g/mol. The normalized spacial score (nSPS) is 25.0. The van der Waals surface area contributed by atoms with Crippen molar-refractivity contribution in [2.24, 2.45) is 0 Å². The second-order valence-electron chi connectivity index (χ2n) is 10.7. The lowest BCUT2D eigenvalue weighted by atomic mass is 9.92. The zero-order valence-corrected chi connectivity index (χ0v) is 23.4. The lowest BCUT2D eigenvalue weighted by molar-refractivity contribution is -0.120. The Labute approximate surface area is 249 Å². The van der Waals surface area contributed by atoms with Crippen LogP contribution in [0, 0.1) is 11.6 Å². The van der Waals surface area contributed by atoms with Gasteiger partial charge in [-0.05, 0) is 42.5 Å². The van der Waals surface area contributed by atoms with Crippen LogP contribution < -0.4 is 20.4 Å². The monoisotopic (exact) mass is 616 g/mol. The number of aliphatic hydroxyl groups excluding tert-OH is 3. The predicted molar refractivity (Wildman–Crippen MR) is 149 cm³/mol. The average Bonchev–Trinajstić information content (AvgIpc) is 3.54. The molecule has 13 nitrogen and oxygen atoms in total. The molecule has 2 saturated heterocycles. The molecule has 0 saturated carbocycles. The molecule has 2 aromatic rings. The van der Waals surface area contributed by atoms with Gasteiger partial charge in [0.05, 0.1) is 43.7 Å². The summed E-state index contributed by atoms with van der Waals surface area (Å²) >= 11 is 0. The minimum absolute atomic E-state index is 0.0289. The Balaban J connectivity index is 1.21. The van der Waals surface area contributed by atoms with Crippen molar-refractivity contribution >= 4 is 35.4 Å². The Morgan fingerprint density at radius 2 is 1.36 bits per heavy atom. The summed E-state index contributed by atoms with van der Waals surface area (Å²) in [5.41, 5.74) is 0.242. The van der Waals surface area contributed by atoms with Crippen LogP contribution in [-0.2, 0) is 19.1 Å². The number of rotatable bonds is 8. The van der Waals surface area contributed by atoms with E-state index in [-0.39, 0.29) is 66.6 Å². The SMILES string of the molecule is CC(=O)NC[C@@H]1CN(c2ccc(-c3ccc(N4C[C@H](CNC(=O)C5=C[C@@H](O)[C@@H](O)[C@H](O)C5)OC4=O)cc3F)c(F)c2)C(=O)O1. The summed E-state index contributed by atoms with van der Waals surface area (Å²) in [6.07, 6.45) is -6.02. The van der Waals surface area contributed by atoms with E-state index in [1.54, 1.807) is 0 Å². The number of amides is 4. The number of halogens is 2. The van der Waals surface area contributed by atoms with Crippen LogP contribution in [0.4, 0.5) is 29.7 Å². The molecule has 2 aromatic carbocycles. The van der Waals surface area contributed by atoms with Crippen LogP contribution in [0.15, 0.2) is 48.0 Å². The first-order valence-corrected chi connectivity index (χ1v) is 13.7. The number of hydrogen-bond donors (Lipinski definition) is 5. The van der Waals surface area contributed by atoms with Gasteiger partial charge in [0.1, 0.15) is 36.1 Å². The number of nitrogens with zero attached hydrogens (tertiary/aromatic N) is 2.